The monoisotopic (exact) mass is 405 g/mol. The number of likely N-dealkylation sites (N-methyl/N-ethyl adjacent to an activating group) is 1. The van der Waals surface area contributed by atoms with Crippen LogP contribution in [0.2, 0.25) is 0 Å². The lowest BCUT2D eigenvalue weighted by Gasteiger charge is -2.09. The lowest BCUT2D eigenvalue weighted by molar-refractivity contribution is -0.159. The first-order valence-electron chi connectivity index (χ1n) is 9.32. The Kier molecular flexibility index (Phi) is 6.48. The summed E-state index contributed by atoms with van der Waals surface area (Å²) in [4.78, 5) is 8.06. The lowest BCUT2D eigenvalue weighted by atomic mass is 10.2. The number of allylic oxidation sites excluding steroid dienone is 1. The number of hydrogen-bond donors (Lipinski definition) is 1. The number of imidazole rings is 1. The Bertz CT molecular complexity index is 1000. The van der Waals surface area contributed by atoms with Gasteiger partial charge >= 0.3 is 12.1 Å². The van der Waals surface area contributed by atoms with Gasteiger partial charge in [0.25, 0.3) is 0 Å². The molecule has 0 radical (unpaired) electrons. The predicted molar refractivity (Wildman–Crippen MR) is 105 cm³/mol. The topological polar surface area (TPSA) is 68.8 Å². The van der Waals surface area contributed by atoms with Crippen LogP contribution >= 0.6 is 0 Å². The molecule has 6 nitrogen and oxygen atoms in total. The van der Waals surface area contributed by atoms with Crippen LogP contribution in [-0.2, 0) is 19.1 Å². The highest BCUT2D eigenvalue weighted by atomic mass is 19.4. The Morgan fingerprint density at radius 3 is 2.76 bits per heavy atom. The van der Waals surface area contributed by atoms with E-state index in [4.69, 9.17) is 4.98 Å². The van der Waals surface area contributed by atoms with E-state index in [0.717, 1.165) is 54.9 Å². The van der Waals surface area contributed by atoms with Crippen LogP contribution in [0.1, 0.15) is 36.4 Å². The van der Waals surface area contributed by atoms with Gasteiger partial charge < -0.3 is 14.4 Å². The fraction of sp³-hybridized carbons (Fsp3) is 0.350. The average molecular weight is 405 g/mol. The molecule has 0 aliphatic carbocycles. The van der Waals surface area contributed by atoms with Crippen molar-refractivity contribution in [3.63, 3.8) is 0 Å². The highest BCUT2D eigenvalue weighted by Gasteiger charge is 2.38. The van der Waals surface area contributed by atoms with Gasteiger partial charge in [0, 0.05) is 19.5 Å². The first kappa shape index (κ1) is 20.8. The van der Waals surface area contributed by atoms with Crippen LogP contribution < -0.4 is 5.32 Å². The molecule has 29 heavy (non-hydrogen) atoms. The normalized spacial score (nSPS) is 12.3. The minimum Gasteiger partial charge on any atom is -0.329 e. The first-order valence-corrected chi connectivity index (χ1v) is 9.32. The number of aryl methyl sites for hydroxylation is 1. The third kappa shape index (κ3) is 5.11. The van der Waals surface area contributed by atoms with Crippen LogP contribution in [0.15, 0.2) is 35.4 Å². The van der Waals surface area contributed by atoms with Gasteiger partial charge in [0.05, 0.1) is 11.0 Å². The number of nitrogens with one attached hydrogen (secondary N) is 1. The maximum absolute atomic E-state index is 12.5. The molecule has 0 aliphatic rings. The van der Waals surface area contributed by atoms with Gasteiger partial charge in [-0.2, -0.15) is 18.2 Å². The molecule has 0 aliphatic heterocycles. The number of fused-ring (bicyclic) bond motifs is 1. The van der Waals surface area contributed by atoms with Crippen LogP contribution in [0.5, 0.6) is 0 Å². The van der Waals surface area contributed by atoms with Crippen molar-refractivity contribution in [1.82, 2.24) is 25.0 Å². The van der Waals surface area contributed by atoms with Gasteiger partial charge in [-0.15, -0.1) is 6.58 Å². The first-order chi connectivity index (χ1) is 13.9. The molecular formula is C20H22F3N5O. The Balaban J connectivity index is 1.85. The molecule has 0 amide bonds. The summed E-state index contributed by atoms with van der Waals surface area (Å²) in [5, 5.41) is 6.64. The Morgan fingerprint density at radius 2 is 2.07 bits per heavy atom. The van der Waals surface area contributed by atoms with E-state index in [9.17, 15) is 13.2 Å². The fourth-order valence-electron chi connectivity index (χ4n) is 2.93. The van der Waals surface area contributed by atoms with Gasteiger partial charge in [-0.25, -0.2) is 4.98 Å². The van der Waals surface area contributed by atoms with E-state index in [-0.39, 0.29) is 5.82 Å². The second-order valence-corrected chi connectivity index (χ2v) is 6.40. The van der Waals surface area contributed by atoms with E-state index < -0.39 is 12.1 Å². The van der Waals surface area contributed by atoms with Crippen molar-refractivity contribution in [2.45, 2.75) is 32.5 Å². The van der Waals surface area contributed by atoms with Gasteiger partial charge in [-0.05, 0) is 36.7 Å². The molecular weight excluding hydrogens is 383 g/mol. The standard InChI is InChI=1S/C20H22F3N5O/c1-3-5-6-18-25-15-13-14(7-9-16(15)28(18)12-11-24-4-2)8-10-17-26-19(29-27-17)20(21,22)23/h3,7-10,13,24H,1,4-6,11-12H2,2H3/b10-8+. The summed E-state index contributed by atoms with van der Waals surface area (Å²) in [6, 6.07) is 5.73. The number of hydrogen-bond acceptors (Lipinski definition) is 5. The van der Waals surface area contributed by atoms with Gasteiger partial charge in [-0.3, -0.25) is 0 Å². The number of alkyl halides is 3. The molecule has 9 heteroatoms. The Labute approximate surface area is 166 Å². The quantitative estimate of drug-likeness (QED) is 0.424. The van der Waals surface area contributed by atoms with Crippen molar-refractivity contribution in [2.24, 2.45) is 0 Å². The predicted octanol–water partition coefficient (Wildman–Crippen LogP) is 4.34. The molecule has 3 rings (SSSR count). The van der Waals surface area contributed by atoms with Crippen molar-refractivity contribution in [2.75, 3.05) is 13.1 Å². The van der Waals surface area contributed by atoms with Crippen molar-refractivity contribution in [1.29, 1.82) is 0 Å². The molecule has 1 N–H and O–H groups in total. The molecule has 3 aromatic rings. The molecule has 0 saturated carbocycles. The molecule has 0 spiro atoms. The molecule has 0 bridgehead atoms. The van der Waals surface area contributed by atoms with Gasteiger partial charge in [0.15, 0.2) is 5.82 Å². The molecule has 0 atom stereocenters. The van der Waals surface area contributed by atoms with E-state index in [2.05, 4.69) is 38.1 Å². The number of rotatable bonds is 9. The lowest BCUT2D eigenvalue weighted by Crippen LogP contribution is -2.20. The molecule has 0 fully saturated rings. The number of aromatic nitrogens is 4. The van der Waals surface area contributed by atoms with Crippen molar-refractivity contribution < 1.29 is 17.7 Å². The van der Waals surface area contributed by atoms with Gasteiger partial charge in [0.1, 0.15) is 5.82 Å². The minimum atomic E-state index is -4.65. The smallest absolute Gasteiger partial charge is 0.329 e. The van der Waals surface area contributed by atoms with E-state index >= 15 is 0 Å². The Morgan fingerprint density at radius 1 is 1.24 bits per heavy atom. The summed E-state index contributed by atoms with van der Waals surface area (Å²) in [5.74, 6) is -0.522. The summed E-state index contributed by atoms with van der Waals surface area (Å²) in [6.45, 7) is 8.37. The highest BCUT2D eigenvalue weighted by molar-refractivity contribution is 5.81. The maximum Gasteiger partial charge on any atom is 0.471 e. The summed E-state index contributed by atoms with van der Waals surface area (Å²) in [7, 11) is 0. The summed E-state index contributed by atoms with van der Waals surface area (Å²) < 4.78 is 44.0. The summed E-state index contributed by atoms with van der Waals surface area (Å²) >= 11 is 0. The second-order valence-electron chi connectivity index (χ2n) is 6.40. The largest absolute Gasteiger partial charge is 0.471 e. The van der Waals surface area contributed by atoms with Crippen molar-refractivity contribution >= 4 is 23.2 Å². The molecule has 0 saturated heterocycles. The van der Waals surface area contributed by atoms with E-state index in [1.54, 1.807) is 6.08 Å². The molecule has 154 valence electrons. The number of benzene rings is 1. The molecule has 2 aromatic heterocycles. The Hall–Kier alpha value is -2.94. The van der Waals surface area contributed by atoms with Crippen LogP contribution in [0, 0.1) is 0 Å². The highest BCUT2D eigenvalue weighted by Crippen LogP contribution is 2.27. The summed E-state index contributed by atoms with van der Waals surface area (Å²) in [6.07, 6.45) is 1.84. The van der Waals surface area contributed by atoms with Crippen LogP contribution in [0.25, 0.3) is 23.2 Å². The van der Waals surface area contributed by atoms with Crippen LogP contribution in [-0.4, -0.2) is 32.8 Å². The molecule has 2 heterocycles. The van der Waals surface area contributed by atoms with E-state index in [0.29, 0.717) is 0 Å². The van der Waals surface area contributed by atoms with Gasteiger partial charge in [0.2, 0.25) is 0 Å². The average Bonchev–Trinajstić information content (AvgIpc) is 3.29. The van der Waals surface area contributed by atoms with Gasteiger partial charge in [-0.1, -0.05) is 30.3 Å². The zero-order valence-corrected chi connectivity index (χ0v) is 16.0. The fourth-order valence-corrected chi connectivity index (χ4v) is 2.93. The van der Waals surface area contributed by atoms with Crippen LogP contribution in [0.4, 0.5) is 13.2 Å². The zero-order valence-electron chi connectivity index (χ0n) is 16.0. The molecule has 1 aromatic carbocycles. The zero-order chi connectivity index (χ0) is 20.9. The second kappa shape index (κ2) is 9.04. The van der Waals surface area contributed by atoms with Crippen LogP contribution in [0.3, 0.4) is 0 Å². The SMILES string of the molecule is C=CCCc1nc2cc(/C=C/c3noc(C(F)(F)F)n3)ccc2n1CCNCC. The van der Waals surface area contributed by atoms with E-state index in [1.807, 2.05) is 24.3 Å². The minimum absolute atomic E-state index is 0.139. The van der Waals surface area contributed by atoms with Crippen molar-refractivity contribution in [3.8, 4) is 0 Å². The molecule has 0 unspecified atom stereocenters. The number of halogens is 3. The van der Waals surface area contributed by atoms with Crippen molar-refractivity contribution in [3.05, 3.63) is 54.0 Å². The van der Waals surface area contributed by atoms with E-state index in [1.165, 1.54) is 6.08 Å². The maximum atomic E-state index is 12.5. The third-order valence-corrected chi connectivity index (χ3v) is 4.29. The summed E-state index contributed by atoms with van der Waals surface area (Å²) in [5.41, 5.74) is 2.62. The number of nitrogens with zero attached hydrogens (tertiary/aromatic N) is 4. The third-order valence-electron chi connectivity index (χ3n) is 4.29.